The van der Waals surface area contributed by atoms with E-state index in [0.29, 0.717) is 0 Å². The van der Waals surface area contributed by atoms with Crippen molar-refractivity contribution in [2.45, 2.75) is 17.0 Å². The van der Waals surface area contributed by atoms with Gasteiger partial charge in [-0.2, -0.15) is 0 Å². The summed E-state index contributed by atoms with van der Waals surface area (Å²) in [7, 11) is 1.57. The van der Waals surface area contributed by atoms with Crippen LogP contribution in [0.1, 0.15) is 11.1 Å². The molecule has 0 saturated carbocycles. The van der Waals surface area contributed by atoms with Crippen LogP contribution < -0.4 is 5.32 Å². The van der Waals surface area contributed by atoms with Gasteiger partial charge in [0.2, 0.25) is 11.8 Å². The van der Waals surface area contributed by atoms with E-state index in [4.69, 9.17) is 4.99 Å². The van der Waals surface area contributed by atoms with Crippen LogP contribution in [0.25, 0.3) is 0 Å². The third kappa shape index (κ3) is 1.94. The fourth-order valence-corrected chi connectivity index (χ4v) is 5.82. The number of aliphatic imine (C=N–C) groups is 1. The van der Waals surface area contributed by atoms with Crippen molar-refractivity contribution < 1.29 is 9.59 Å². The van der Waals surface area contributed by atoms with Crippen molar-refractivity contribution in [1.82, 2.24) is 10.2 Å². The van der Waals surface area contributed by atoms with Crippen LogP contribution in [0.15, 0.2) is 65.7 Å². The van der Waals surface area contributed by atoms with Crippen LogP contribution in [-0.4, -0.2) is 41.0 Å². The molecular weight excluding hydrogens is 346 g/mol. The number of carbonyl (C=O) groups is 2. The van der Waals surface area contributed by atoms with Crippen LogP contribution in [0.4, 0.5) is 0 Å². The third-order valence-corrected chi connectivity index (χ3v) is 7.08. The van der Waals surface area contributed by atoms with E-state index < -0.39 is 16.7 Å². The van der Waals surface area contributed by atoms with Crippen molar-refractivity contribution in [2.24, 2.45) is 10.9 Å². The summed E-state index contributed by atoms with van der Waals surface area (Å²) >= 11 is 1.61. The molecule has 130 valence electrons. The molecule has 2 amide bonds. The van der Waals surface area contributed by atoms with E-state index >= 15 is 0 Å². The van der Waals surface area contributed by atoms with E-state index in [9.17, 15) is 9.59 Å². The molecular formula is C20H17N3O2S. The predicted molar refractivity (Wildman–Crippen MR) is 101 cm³/mol. The van der Waals surface area contributed by atoms with Gasteiger partial charge in [0.25, 0.3) is 0 Å². The largest absolute Gasteiger partial charge is 0.284 e. The van der Waals surface area contributed by atoms with E-state index in [-0.39, 0.29) is 18.0 Å². The molecule has 3 heterocycles. The van der Waals surface area contributed by atoms with Crippen molar-refractivity contribution in [2.75, 3.05) is 7.05 Å². The number of hydrogen-bond acceptors (Lipinski definition) is 5. The summed E-state index contributed by atoms with van der Waals surface area (Å²) < 4.78 is -0.603. The van der Waals surface area contributed by atoms with Crippen molar-refractivity contribution in [3.8, 4) is 0 Å². The zero-order chi connectivity index (χ0) is 17.9. The van der Waals surface area contributed by atoms with Crippen molar-refractivity contribution >= 4 is 28.6 Å². The van der Waals surface area contributed by atoms with E-state index in [1.165, 1.54) is 4.90 Å². The molecule has 0 radical (unpaired) electrons. The van der Waals surface area contributed by atoms with E-state index in [1.54, 1.807) is 18.8 Å². The molecule has 1 unspecified atom stereocenters. The SMILES string of the molecule is CN1C(=O)[C@H]2NC3N=C(c4ccccc4)S[C@@]3(c3ccccc3)[C@H]2C1=O. The quantitative estimate of drug-likeness (QED) is 0.829. The molecule has 5 rings (SSSR count). The first-order valence-corrected chi connectivity index (χ1v) is 9.40. The first-order valence-electron chi connectivity index (χ1n) is 8.58. The zero-order valence-electron chi connectivity index (χ0n) is 14.1. The predicted octanol–water partition coefficient (Wildman–Crippen LogP) is 1.99. The van der Waals surface area contributed by atoms with E-state index in [1.807, 2.05) is 60.7 Å². The number of nitrogens with one attached hydrogen (secondary N) is 1. The summed E-state index contributed by atoms with van der Waals surface area (Å²) in [6, 6.07) is 19.4. The Morgan fingerprint density at radius 2 is 1.65 bits per heavy atom. The highest BCUT2D eigenvalue weighted by molar-refractivity contribution is 8.15. The van der Waals surface area contributed by atoms with Crippen molar-refractivity contribution in [3.05, 3.63) is 71.8 Å². The summed E-state index contributed by atoms with van der Waals surface area (Å²) in [5.74, 6) is -0.750. The average Bonchev–Trinajstić information content (AvgIpc) is 3.27. The molecule has 0 aromatic heterocycles. The standard InChI is InChI=1S/C20H17N3O2S/c1-23-17(24)14-15(18(23)25)21-19-20(14,13-10-6-3-7-11-13)26-16(22-19)12-8-4-2-5-9-12/h2-11,14-15,19,21H,1H3/t14-,15+,19?,20+/m1/s1. The second-order valence-corrected chi connectivity index (χ2v) is 8.09. The molecule has 3 aliphatic rings. The van der Waals surface area contributed by atoms with E-state index in [0.717, 1.165) is 16.2 Å². The topological polar surface area (TPSA) is 61.8 Å². The number of imide groups is 1. The maximum absolute atomic E-state index is 13.0. The lowest BCUT2D eigenvalue weighted by Crippen LogP contribution is -2.43. The van der Waals surface area contributed by atoms with Crippen LogP contribution in [-0.2, 0) is 14.3 Å². The normalized spacial score (nSPS) is 32.6. The molecule has 3 aliphatic heterocycles. The Morgan fingerprint density at radius 3 is 2.35 bits per heavy atom. The lowest BCUT2D eigenvalue weighted by Gasteiger charge is -2.32. The number of nitrogens with zero attached hydrogens (tertiary/aromatic N) is 2. The van der Waals surface area contributed by atoms with Crippen molar-refractivity contribution in [3.63, 3.8) is 0 Å². The van der Waals surface area contributed by atoms with Gasteiger partial charge in [-0.1, -0.05) is 72.4 Å². The molecule has 0 bridgehead atoms. The van der Waals surface area contributed by atoms with Crippen LogP contribution in [0.2, 0.25) is 0 Å². The molecule has 2 fully saturated rings. The minimum Gasteiger partial charge on any atom is -0.284 e. The summed E-state index contributed by atoms with van der Waals surface area (Å²) in [6.07, 6.45) is -0.304. The minimum atomic E-state index is -0.603. The first-order chi connectivity index (χ1) is 12.6. The molecule has 26 heavy (non-hydrogen) atoms. The Labute approximate surface area is 155 Å². The Balaban J connectivity index is 1.66. The number of likely N-dealkylation sites (N-methyl/N-ethyl adjacent to an activating group) is 1. The molecule has 5 nitrogen and oxygen atoms in total. The third-order valence-electron chi connectivity index (χ3n) is 5.49. The van der Waals surface area contributed by atoms with Crippen LogP contribution >= 0.6 is 11.8 Å². The van der Waals surface area contributed by atoms with Gasteiger partial charge in [0.1, 0.15) is 17.3 Å². The minimum absolute atomic E-state index is 0.129. The summed E-state index contributed by atoms with van der Waals surface area (Å²) in [5, 5.41) is 4.25. The molecule has 2 aromatic carbocycles. The second-order valence-electron chi connectivity index (χ2n) is 6.82. The van der Waals surface area contributed by atoms with Gasteiger partial charge < -0.3 is 0 Å². The highest BCUT2D eigenvalue weighted by Gasteiger charge is 2.68. The molecule has 2 aromatic rings. The molecule has 6 heteroatoms. The Morgan fingerprint density at radius 1 is 1.00 bits per heavy atom. The lowest BCUT2D eigenvalue weighted by molar-refractivity contribution is -0.138. The fraction of sp³-hybridized carbons (Fsp3) is 0.250. The maximum atomic E-state index is 13.0. The number of rotatable bonds is 2. The van der Waals surface area contributed by atoms with Gasteiger partial charge in [0, 0.05) is 12.6 Å². The number of hydrogen-bond donors (Lipinski definition) is 1. The van der Waals surface area contributed by atoms with Gasteiger partial charge >= 0.3 is 0 Å². The smallest absolute Gasteiger partial charge is 0.247 e. The highest BCUT2D eigenvalue weighted by Crippen LogP contribution is 2.58. The van der Waals surface area contributed by atoms with E-state index in [2.05, 4.69) is 5.32 Å². The maximum Gasteiger partial charge on any atom is 0.247 e. The average molecular weight is 363 g/mol. The number of amides is 2. The van der Waals surface area contributed by atoms with Gasteiger partial charge in [-0.15, -0.1) is 0 Å². The van der Waals surface area contributed by atoms with Gasteiger partial charge in [0.05, 0.1) is 10.7 Å². The Hall–Kier alpha value is -2.44. The van der Waals surface area contributed by atoms with Crippen LogP contribution in [0.3, 0.4) is 0 Å². The number of thioether (sulfide) groups is 1. The molecule has 1 N–H and O–H groups in total. The zero-order valence-corrected chi connectivity index (χ0v) is 14.9. The van der Waals surface area contributed by atoms with Gasteiger partial charge in [-0.25, -0.2) is 0 Å². The Bertz CT molecular complexity index is 931. The molecule has 2 saturated heterocycles. The molecule has 0 spiro atoms. The van der Waals surface area contributed by atoms with Crippen molar-refractivity contribution in [1.29, 1.82) is 0 Å². The van der Waals surface area contributed by atoms with Gasteiger partial charge in [0.15, 0.2) is 0 Å². The number of benzene rings is 2. The van der Waals surface area contributed by atoms with Crippen LogP contribution in [0, 0.1) is 5.92 Å². The monoisotopic (exact) mass is 363 g/mol. The van der Waals surface area contributed by atoms with Gasteiger partial charge in [-0.3, -0.25) is 24.8 Å². The fourth-order valence-electron chi connectivity index (χ4n) is 4.24. The second kappa shape index (κ2) is 5.53. The Kier molecular flexibility index (Phi) is 3.36. The summed E-state index contributed by atoms with van der Waals surface area (Å²) in [4.78, 5) is 31.6. The lowest BCUT2D eigenvalue weighted by atomic mass is 9.83. The summed E-state index contributed by atoms with van der Waals surface area (Å²) in [5.41, 5.74) is 2.06. The van der Waals surface area contributed by atoms with Gasteiger partial charge in [-0.05, 0) is 5.56 Å². The number of carbonyl (C=O) groups excluding carboxylic acids is 2. The van der Waals surface area contributed by atoms with Crippen LogP contribution in [0.5, 0.6) is 0 Å². The molecule has 4 atom stereocenters. The number of fused-ring (bicyclic) bond motifs is 3. The summed E-state index contributed by atoms with van der Waals surface area (Å²) in [6.45, 7) is 0. The first kappa shape index (κ1) is 15.8. The molecule has 0 aliphatic carbocycles. The number of likely N-dealkylation sites (tertiary alicyclic amines) is 1. The highest BCUT2D eigenvalue weighted by atomic mass is 32.2.